The highest BCUT2D eigenvalue weighted by atomic mass is 16.4. The van der Waals surface area contributed by atoms with Crippen molar-refractivity contribution in [1.82, 2.24) is 63.4 Å². The van der Waals surface area contributed by atoms with E-state index in [1.54, 1.807) is 39.8 Å². The Kier molecular flexibility index (Phi) is 26.8. The van der Waals surface area contributed by atoms with Gasteiger partial charge in [-0.05, 0) is 139 Å². The molecule has 11 amide bonds. The van der Waals surface area contributed by atoms with Gasteiger partial charge in [-0.3, -0.25) is 52.7 Å². The number of nitrogens with one attached hydrogen (secondary N) is 11. The predicted octanol–water partition coefficient (Wildman–Crippen LogP) is 3.77. The number of hydrogen-bond donors (Lipinski definition) is 12. The number of aliphatic carboxylic acids is 1. The van der Waals surface area contributed by atoms with Crippen molar-refractivity contribution in [3.63, 3.8) is 0 Å². The van der Waals surface area contributed by atoms with Crippen LogP contribution in [0.3, 0.4) is 0 Å². The molecule has 4 aromatic carbocycles. The van der Waals surface area contributed by atoms with Gasteiger partial charge < -0.3 is 68.5 Å². The largest absolute Gasteiger partial charge is 0.480 e. The van der Waals surface area contributed by atoms with Crippen molar-refractivity contribution in [2.75, 3.05) is 26.2 Å². The zero-order valence-corrected chi connectivity index (χ0v) is 57.8. The lowest BCUT2D eigenvalue weighted by atomic mass is 9.87. The predicted molar refractivity (Wildman–Crippen MR) is 371 cm³/mol. The van der Waals surface area contributed by atoms with Gasteiger partial charge >= 0.3 is 5.97 Å². The van der Waals surface area contributed by atoms with Gasteiger partial charge in [0.25, 0.3) is 0 Å². The van der Waals surface area contributed by atoms with E-state index in [9.17, 15) is 48.3 Å². The Bertz CT molecular complexity index is 3480. The Morgan fingerprint density at radius 1 is 0.475 bits per heavy atom. The molecule has 0 bridgehead atoms. The Morgan fingerprint density at radius 2 is 0.869 bits per heavy atom. The molecule has 0 saturated carbocycles. The third-order valence-corrected chi connectivity index (χ3v) is 19.0. The van der Waals surface area contributed by atoms with E-state index in [1.807, 2.05) is 113 Å². The highest BCUT2D eigenvalue weighted by molar-refractivity contribution is 6.00. The van der Waals surface area contributed by atoms with Crippen LogP contribution in [0.25, 0.3) is 22.3 Å². The summed E-state index contributed by atoms with van der Waals surface area (Å²) >= 11 is 0. The van der Waals surface area contributed by atoms with Gasteiger partial charge in [-0.25, -0.2) is 4.79 Å². The van der Waals surface area contributed by atoms with E-state index in [0.29, 0.717) is 32.2 Å². The third-order valence-electron chi connectivity index (χ3n) is 19.0. The molecule has 0 spiro atoms. The first-order chi connectivity index (χ1) is 47.4. The number of nitrogens with zero attached hydrogens (tertiary/aromatic N) is 1. The number of carboxylic acid groups (broad SMARTS) is 1. The topological polar surface area (TPSA) is 361 Å². The SMILES string of the molecule is CC(C)C[C@H](NC(=O)[C@H]1CCCN1C(=O)[C@@H](NC(=O)[C@@H](NC(=O)[C@H](CCCNC=O)NC(=O)[C@H](CC(C)C)NC(=O)[C@H]1CCCN1)C(C)C)C1c2ccccc2-c2ccccc21)C(=O)N[C@@H](CCCNC=O)C(=O)N[C@H](C(=O)N[C@H](C(=O)O)C1c2ccccc2-c2ccccc21)C(C)C. The van der Waals surface area contributed by atoms with Gasteiger partial charge in [0.15, 0.2) is 0 Å². The quantitative estimate of drug-likeness (QED) is 0.0228. The first-order valence-electron chi connectivity index (χ1n) is 34.8. The monoisotopic (exact) mass is 1360 g/mol. The summed E-state index contributed by atoms with van der Waals surface area (Å²) < 4.78 is 0. The summed E-state index contributed by atoms with van der Waals surface area (Å²) in [7, 11) is 0. The minimum Gasteiger partial charge on any atom is -0.480 e. The number of rotatable bonds is 36. The maximum absolute atomic E-state index is 15.8. The van der Waals surface area contributed by atoms with E-state index in [-0.39, 0.29) is 82.3 Å². The van der Waals surface area contributed by atoms with Crippen LogP contribution in [0.1, 0.15) is 154 Å². The fourth-order valence-electron chi connectivity index (χ4n) is 14.1. The average molecular weight is 1360 g/mol. The molecule has 0 aromatic heterocycles. The van der Waals surface area contributed by atoms with Gasteiger partial charge in [-0.1, -0.05) is 152 Å². The molecule has 2 heterocycles. The number of likely N-dealkylation sites (tertiary alicyclic amines) is 1. The van der Waals surface area contributed by atoms with Crippen LogP contribution in [0.15, 0.2) is 97.1 Å². The molecule has 8 rings (SSSR count). The van der Waals surface area contributed by atoms with E-state index in [0.717, 1.165) is 50.9 Å². The summed E-state index contributed by atoms with van der Waals surface area (Å²) in [6.07, 6.45) is 3.72. The van der Waals surface area contributed by atoms with Gasteiger partial charge in [-0.2, -0.15) is 0 Å². The average Bonchev–Trinajstić information content (AvgIpc) is 1.61. The molecule has 10 atom stereocenters. The number of amides is 11. The molecule has 2 saturated heterocycles. The summed E-state index contributed by atoms with van der Waals surface area (Å²) in [5.41, 5.74) is 6.21. The summed E-state index contributed by atoms with van der Waals surface area (Å²) in [5.74, 6) is -10.3. The second-order valence-corrected chi connectivity index (χ2v) is 27.8. The van der Waals surface area contributed by atoms with Crippen molar-refractivity contribution in [1.29, 1.82) is 0 Å². The third kappa shape index (κ3) is 18.8. The maximum Gasteiger partial charge on any atom is 0.327 e. The number of carboxylic acids is 1. The van der Waals surface area contributed by atoms with Gasteiger partial charge in [0.05, 0.1) is 6.04 Å². The van der Waals surface area contributed by atoms with Crippen LogP contribution in [0.5, 0.6) is 0 Å². The number of fused-ring (bicyclic) bond motifs is 6. The van der Waals surface area contributed by atoms with Crippen molar-refractivity contribution < 1.29 is 62.6 Å². The molecule has 25 nitrogen and oxygen atoms in total. The minimum absolute atomic E-state index is 0.0286. The molecule has 2 fully saturated rings. The number of carbonyl (C=O) groups is 12. The Morgan fingerprint density at radius 3 is 1.25 bits per heavy atom. The second kappa shape index (κ2) is 35.3. The van der Waals surface area contributed by atoms with E-state index in [2.05, 4.69) is 58.5 Å². The Labute approximate surface area is 578 Å². The fourth-order valence-corrected chi connectivity index (χ4v) is 14.1. The lowest BCUT2D eigenvalue weighted by Crippen LogP contribution is -2.62. The van der Waals surface area contributed by atoms with Crippen molar-refractivity contribution in [3.8, 4) is 22.3 Å². The van der Waals surface area contributed by atoms with Crippen LogP contribution < -0.4 is 58.5 Å². The molecule has 532 valence electrons. The fraction of sp³-hybridized carbons (Fsp3) is 0.514. The number of carbonyl (C=O) groups excluding carboxylic acids is 11. The molecule has 0 unspecified atom stereocenters. The molecule has 2 aliphatic carbocycles. The molecular weight excluding hydrogens is 1260 g/mol. The van der Waals surface area contributed by atoms with Gasteiger partial charge in [-0.15, -0.1) is 0 Å². The Hall–Kier alpha value is -9.52. The molecule has 4 aliphatic rings. The lowest BCUT2D eigenvalue weighted by molar-refractivity contribution is -0.143. The minimum atomic E-state index is -1.44. The molecule has 99 heavy (non-hydrogen) atoms. The molecule has 12 N–H and O–H groups in total. The zero-order valence-electron chi connectivity index (χ0n) is 57.8. The van der Waals surface area contributed by atoms with Gasteiger partial charge in [0.2, 0.25) is 66.0 Å². The first-order valence-corrected chi connectivity index (χ1v) is 34.8. The number of benzene rings is 4. The van der Waals surface area contributed by atoms with E-state index < -0.39 is 137 Å². The Balaban J connectivity index is 1.02. The van der Waals surface area contributed by atoms with Crippen LogP contribution in [0.4, 0.5) is 0 Å². The maximum atomic E-state index is 15.8. The highest BCUT2D eigenvalue weighted by Gasteiger charge is 2.47. The van der Waals surface area contributed by atoms with Crippen LogP contribution >= 0.6 is 0 Å². The van der Waals surface area contributed by atoms with Crippen molar-refractivity contribution in [2.45, 2.75) is 192 Å². The highest BCUT2D eigenvalue weighted by Crippen LogP contribution is 2.48. The van der Waals surface area contributed by atoms with Crippen LogP contribution in [0.2, 0.25) is 0 Å². The van der Waals surface area contributed by atoms with E-state index >= 15 is 14.4 Å². The summed E-state index contributed by atoms with van der Waals surface area (Å²) in [5, 5.41) is 41.8. The van der Waals surface area contributed by atoms with Crippen LogP contribution in [0, 0.1) is 23.7 Å². The standard InChI is InChI=1S/C74H98N12O13/c1-41(2)37-56(80-65(89)53-29-19-35-77-53)68(92)78-54(30-17-33-75-39-87)66(90)82-61(43(5)6)71(95)84-63(59-49-25-13-9-21-45(49)46-22-10-14-26-50(46)59)73(97)86-36-20-32-58(86)70(94)81-57(38-42(3)4)69(93)79-55(31-18-34-76-40-88)67(91)83-62(44(7)8)72(96)85-64(74(98)99)60-51-27-15-11-23-47(51)48-24-12-16-28-52(48)60/h9-16,21-28,39-44,53-64,77H,17-20,29-38H2,1-8H3,(H,75,87)(H,76,88)(H,78,92)(H,79,93)(H,80,89)(H,81,94)(H,82,90)(H,83,91)(H,84,95)(H,85,96)(H,98,99)/t53-,54+,55+,56+,57+,58-,61+,62+,63+,64+/m1/s1. The van der Waals surface area contributed by atoms with Crippen LogP contribution in [-0.2, 0) is 57.5 Å². The lowest BCUT2D eigenvalue weighted by Gasteiger charge is -2.34. The molecular formula is C74H98N12O13. The smallest absolute Gasteiger partial charge is 0.327 e. The molecule has 25 heteroatoms. The van der Waals surface area contributed by atoms with Crippen LogP contribution in [-0.4, -0.2) is 169 Å². The van der Waals surface area contributed by atoms with Gasteiger partial charge in [0, 0.05) is 31.5 Å². The number of hydrogen-bond acceptors (Lipinski definition) is 13. The molecule has 4 aromatic rings. The zero-order chi connectivity index (χ0) is 71.6. The molecule has 2 aliphatic heterocycles. The van der Waals surface area contributed by atoms with E-state index in [4.69, 9.17) is 0 Å². The summed E-state index contributed by atoms with van der Waals surface area (Å²) in [6, 6.07) is 17.8. The van der Waals surface area contributed by atoms with Crippen molar-refractivity contribution in [3.05, 3.63) is 119 Å². The summed E-state index contributed by atoms with van der Waals surface area (Å²) in [4.78, 5) is 169. The second-order valence-electron chi connectivity index (χ2n) is 27.8. The van der Waals surface area contributed by atoms with Gasteiger partial charge in [0.1, 0.15) is 54.4 Å². The van der Waals surface area contributed by atoms with Crippen molar-refractivity contribution >= 4 is 72.0 Å². The van der Waals surface area contributed by atoms with E-state index in [1.165, 1.54) is 4.90 Å². The summed E-state index contributed by atoms with van der Waals surface area (Å²) in [6.45, 7) is 15.3. The molecule has 0 radical (unpaired) electrons. The normalized spacial score (nSPS) is 17.8. The first kappa shape index (κ1) is 75.3. The van der Waals surface area contributed by atoms with Crippen molar-refractivity contribution in [2.24, 2.45) is 23.7 Å².